The first-order valence-corrected chi connectivity index (χ1v) is 7.65. The molecule has 5 heteroatoms. The summed E-state index contributed by atoms with van der Waals surface area (Å²) in [5, 5.41) is 20.7. The van der Waals surface area contributed by atoms with E-state index < -0.39 is 6.61 Å². The van der Waals surface area contributed by atoms with Crippen molar-refractivity contribution in [2.24, 2.45) is 11.8 Å². The molecule has 1 aliphatic heterocycles. The molecule has 0 aromatic heterocycles. The second-order valence-corrected chi connectivity index (χ2v) is 6.24. The monoisotopic (exact) mass is 301 g/mol. The number of benzene rings is 1. The number of nitrogens with one attached hydrogen (secondary N) is 1. The lowest BCUT2D eigenvalue weighted by Gasteiger charge is -2.22. The molecule has 2 N–H and O–H groups in total. The minimum atomic E-state index is -0.461. The fraction of sp³-hybridized carbons (Fsp3) is 0.529. The summed E-state index contributed by atoms with van der Waals surface area (Å²) in [6.45, 7) is 6.38. The van der Waals surface area contributed by atoms with E-state index in [2.05, 4.69) is 30.1 Å². The molecule has 118 valence electrons. The van der Waals surface area contributed by atoms with Crippen LogP contribution in [0.25, 0.3) is 0 Å². The van der Waals surface area contributed by atoms with E-state index >= 15 is 0 Å². The molecule has 5 nitrogen and oxygen atoms in total. The lowest BCUT2D eigenvalue weighted by molar-refractivity contribution is -0.124. The van der Waals surface area contributed by atoms with E-state index in [-0.39, 0.29) is 11.9 Å². The summed E-state index contributed by atoms with van der Waals surface area (Å²) >= 11 is 0. The fourth-order valence-electron chi connectivity index (χ4n) is 3.07. The Morgan fingerprint density at radius 3 is 2.64 bits per heavy atom. The molecule has 1 aromatic carbocycles. The van der Waals surface area contributed by atoms with Crippen LogP contribution in [-0.2, 0) is 11.3 Å². The van der Waals surface area contributed by atoms with Gasteiger partial charge in [-0.15, -0.1) is 0 Å². The van der Waals surface area contributed by atoms with Crippen molar-refractivity contribution >= 4 is 5.91 Å². The summed E-state index contributed by atoms with van der Waals surface area (Å²) in [6, 6.07) is 9.81. The van der Waals surface area contributed by atoms with Gasteiger partial charge in [0.05, 0.1) is 11.6 Å². The van der Waals surface area contributed by atoms with E-state index in [0.717, 1.165) is 25.2 Å². The first-order valence-electron chi connectivity index (χ1n) is 7.65. The quantitative estimate of drug-likeness (QED) is 0.854. The highest BCUT2D eigenvalue weighted by Gasteiger charge is 2.35. The Labute approximate surface area is 131 Å². The van der Waals surface area contributed by atoms with Gasteiger partial charge in [0.15, 0.2) is 0 Å². The van der Waals surface area contributed by atoms with Crippen LogP contribution in [-0.4, -0.2) is 41.7 Å². The lowest BCUT2D eigenvalue weighted by Crippen LogP contribution is -2.43. The summed E-state index contributed by atoms with van der Waals surface area (Å²) < 4.78 is 0. The van der Waals surface area contributed by atoms with Crippen LogP contribution in [0.2, 0.25) is 0 Å². The average Bonchev–Trinajstić information content (AvgIpc) is 2.90. The number of nitriles is 1. The van der Waals surface area contributed by atoms with Gasteiger partial charge in [0.2, 0.25) is 5.91 Å². The van der Waals surface area contributed by atoms with E-state index in [1.54, 1.807) is 0 Å². The number of aliphatic hydroxyl groups excluding tert-OH is 1. The first kappa shape index (κ1) is 16.5. The molecule has 1 aromatic rings. The maximum absolute atomic E-state index is 11.5. The zero-order chi connectivity index (χ0) is 16.1. The molecule has 0 bridgehead atoms. The number of carbonyl (C=O) groups excluding carboxylic acids is 1. The Balaban J connectivity index is 2.00. The summed E-state index contributed by atoms with van der Waals surface area (Å²) in [7, 11) is 0. The smallest absolute Gasteiger partial charge is 0.245 e. The van der Waals surface area contributed by atoms with Crippen molar-refractivity contribution in [3.05, 3.63) is 35.4 Å². The van der Waals surface area contributed by atoms with Gasteiger partial charge in [0, 0.05) is 25.7 Å². The third-order valence-electron chi connectivity index (χ3n) is 4.28. The highest BCUT2D eigenvalue weighted by molar-refractivity contribution is 5.77. The van der Waals surface area contributed by atoms with Gasteiger partial charge in [0.1, 0.15) is 6.61 Å². The number of rotatable bonds is 5. The van der Waals surface area contributed by atoms with Crippen LogP contribution in [0.3, 0.4) is 0 Å². The Morgan fingerprint density at radius 1 is 1.41 bits per heavy atom. The van der Waals surface area contributed by atoms with E-state index in [9.17, 15) is 4.79 Å². The van der Waals surface area contributed by atoms with Crippen molar-refractivity contribution in [2.75, 3.05) is 19.7 Å². The molecule has 0 unspecified atom stereocenters. The van der Waals surface area contributed by atoms with E-state index in [4.69, 9.17) is 10.4 Å². The van der Waals surface area contributed by atoms with Crippen LogP contribution in [0.1, 0.15) is 25.0 Å². The number of nitrogens with zero attached hydrogens (tertiary/aromatic N) is 2. The predicted molar refractivity (Wildman–Crippen MR) is 83.8 cm³/mol. The van der Waals surface area contributed by atoms with Gasteiger partial charge in [-0.2, -0.15) is 5.26 Å². The van der Waals surface area contributed by atoms with Crippen LogP contribution in [0.5, 0.6) is 0 Å². The topological polar surface area (TPSA) is 76.4 Å². The van der Waals surface area contributed by atoms with Gasteiger partial charge in [0.25, 0.3) is 0 Å². The standard InChI is InChI=1S/C17H23N3O2/c1-12(2)15-9-20(10-16(15)19-17(22)11-21)8-14-5-3-13(7-18)4-6-14/h3-6,12,15-16,21H,8-11H2,1-2H3,(H,19,22)/t15-,16+/m1/s1. The number of carbonyl (C=O) groups is 1. The summed E-state index contributed by atoms with van der Waals surface area (Å²) in [5.41, 5.74) is 1.83. The Bertz CT molecular complexity index is 548. The molecule has 2 rings (SSSR count). The molecule has 1 fully saturated rings. The molecule has 0 spiro atoms. The lowest BCUT2D eigenvalue weighted by atomic mass is 9.91. The van der Waals surface area contributed by atoms with Gasteiger partial charge in [-0.1, -0.05) is 26.0 Å². The Kier molecular flexibility index (Phi) is 5.53. The zero-order valence-electron chi connectivity index (χ0n) is 13.1. The summed E-state index contributed by atoms with van der Waals surface area (Å²) in [4.78, 5) is 13.8. The number of hydrogen-bond donors (Lipinski definition) is 2. The largest absolute Gasteiger partial charge is 0.387 e. The third kappa shape index (κ3) is 4.06. The molecule has 22 heavy (non-hydrogen) atoms. The molecule has 2 atom stereocenters. The van der Waals surface area contributed by atoms with E-state index in [1.165, 1.54) is 0 Å². The Hall–Kier alpha value is -1.90. The highest BCUT2D eigenvalue weighted by Crippen LogP contribution is 2.25. The second-order valence-electron chi connectivity index (χ2n) is 6.24. The maximum Gasteiger partial charge on any atom is 0.245 e. The number of amides is 1. The van der Waals surface area contributed by atoms with Crippen molar-refractivity contribution in [3.63, 3.8) is 0 Å². The normalized spacial score (nSPS) is 21.8. The van der Waals surface area contributed by atoms with Crippen LogP contribution >= 0.6 is 0 Å². The van der Waals surface area contributed by atoms with Crippen LogP contribution in [0.15, 0.2) is 24.3 Å². The number of hydrogen-bond acceptors (Lipinski definition) is 4. The Morgan fingerprint density at radius 2 is 2.09 bits per heavy atom. The predicted octanol–water partition coefficient (Wildman–Crippen LogP) is 1.12. The van der Waals surface area contributed by atoms with Gasteiger partial charge in [-0.05, 0) is 29.5 Å². The fourth-order valence-corrected chi connectivity index (χ4v) is 3.07. The molecular weight excluding hydrogens is 278 g/mol. The van der Waals surface area contributed by atoms with Gasteiger partial charge < -0.3 is 10.4 Å². The first-order chi connectivity index (χ1) is 10.5. The highest BCUT2D eigenvalue weighted by atomic mass is 16.3. The minimum absolute atomic E-state index is 0.0815. The average molecular weight is 301 g/mol. The van der Waals surface area contributed by atoms with E-state index in [0.29, 0.717) is 17.4 Å². The van der Waals surface area contributed by atoms with Crippen molar-refractivity contribution < 1.29 is 9.90 Å². The van der Waals surface area contributed by atoms with Gasteiger partial charge >= 0.3 is 0 Å². The molecular formula is C17H23N3O2. The van der Waals surface area contributed by atoms with Gasteiger partial charge in [-0.3, -0.25) is 9.69 Å². The van der Waals surface area contributed by atoms with Crippen molar-refractivity contribution in [2.45, 2.75) is 26.4 Å². The number of aliphatic hydroxyl groups is 1. The van der Waals surface area contributed by atoms with Crippen LogP contribution in [0, 0.1) is 23.2 Å². The molecule has 0 radical (unpaired) electrons. The number of likely N-dealkylation sites (tertiary alicyclic amines) is 1. The molecule has 0 aliphatic carbocycles. The van der Waals surface area contributed by atoms with E-state index in [1.807, 2.05) is 24.3 Å². The molecule has 0 saturated carbocycles. The summed E-state index contributed by atoms with van der Waals surface area (Å²) in [5.74, 6) is 0.541. The van der Waals surface area contributed by atoms with Crippen molar-refractivity contribution in [3.8, 4) is 6.07 Å². The van der Waals surface area contributed by atoms with Crippen molar-refractivity contribution in [1.82, 2.24) is 10.2 Å². The molecule has 1 aliphatic rings. The van der Waals surface area contributed by atoms with Crippen LogP contribution < -0.4 is 5.32 Å². The molecule has 1 saturated heterocycles. The zero-order valence-corrected chi connectivity index (χ0v) is 13.1. The third-order valence-corrected chi connectivity index (χ3v) is 4.28. The second kappa shape index (κ2) is 7.39. The van der Waals surface area contributed by atoms with Crippen LogP contribution in [0.4, 0.5) is 0 Å². The van der Waals surface area contributed by atoms with Gasteiger partial charge in [-0.25, -0.2) is 0 Å². The molecule has 1 heterocycles. The minimum Gasteiger partial charge on any atom is -0.387 e. The molecule has 1 amide bonds. The SMILES string of the molecule is CC(C)[C@H]1CN(Cc2ccc(C#N)cc2)C[C@@H]1NC(=O)CO. The van der Waals surface area contributed by atoms with Crippen molar-refractivity contribution in [1.29, 1.82) is 5.26 Å². The summed E-state index contributed by atoms with van der Waals surface area (Å²) in [6.07, 6.45) is 0. The maximum atomic E-state index is 11.5.